The Morgan fingerprint density at radius 2 is 1.82 bits per heavy atom. The van der Waals surface area contributed by atoms with E-state index in [4.69, 9.17) is 23.2 Å². The first-order valence-electron chi connectivity index (χ1n) is 5.38. The van der Waals surface area contributed by atoms with Gasteiger partial charge in [-0.2, -0.15) is 0 Å². The zero-order valence-corrected chi connectivity index (χ0v) is 11.7. The van der Waals surface area contributed by atoms with E-state index in [9.17, 15) is 0 Å². The number of halogens is 2. The lowest BCUT2D eigenvalue weighted by Crippen LogP contribution is -2.17. The van der Waals surface area contributed by atoms with Crippen LogP contribution in [0.4, 0.5) is 0 Å². The van der Waals surface area contributed by atoms with Gasteiger partial charge >= 0.3 is 0 Å². The predicted octanol–water partition coefficient (Wildman–Crippen LogP) is 4.91. The van der Waals surface area contributed by atoms with Crippen LogP contribution in [-0.2, 0) is 6.54 Å². The summed E-state index contributed by atoms with van der Waals surface area (Å²) >= 11 is 13.4. The molecule has 0 amide bonds. The third kappa shape index (κ3) is 3.71. The Labute approximate surface area is 115 Å². The van der Waals surface area contributed by atoms with E-state index in [1.165, 1.54) is 10.4 Å². The van der Waals surface area contributed by atoms with Crippen LogP contribution < -0.4 is 5.32 Å². The molecule has 1 aromatic heterocycles. The van der Waals surface area contributed by atoms with Gasteiger partial charge in [0, 0.05) is 22.5 Å². The summed E-state index contributed by atoms with van der Waals surface area (Å²) in [5.74, 6) is 0. The van der Waals surface area contributed by atoms with Crippen LogP contribution >= 0.6 is 34.5 Å². The van der Waals surface area contributed by atoms with Gasteiger partial charge in [-0.05, 0) is 36.8 Å². The molecule has 1 aromatic carbocycles. The lowest BCUT2D eigenvalue weighted by atomic mass is 10.1. The van der Waals surface area contributed by atoms with Crippen LogP contribution in [0.1, 0.15) is 23.4 Å². The average molecular weight is 286 g/mol. The third-order valence-corrected chi connectivity index (χ3v) is 4.06. The Bertz CT molecular complexity index is 478. The van der Waals surface area contributed by atoms with E-state index in [0.717, 1.165) is 15.9 Å². The van der Waals surface area contributed by atoms with Gasteiger partial charge in [0.05, 0.1) is 4.34 Å². The molecule has 17 heavy (non-hydrogen) atoms. The van der Waals surface area contributed by atoms with Gasteiger partial charge in [0.1, 0.15) is 0 Å². The number of rotatable bonds is 4. The normalized spacial score (nSPS) is 12.6. The molecular formula is C13H13Cl2NS. The van der Waals surface area contributed by atoms with Crippen molar-refractivity contribution in [2.24, 2.45) is 0 Å². The Morgan fingerprint density at radius 1 is 1.12 bits per heavy atom. The van der Waals surface area contributed by atoms with Crippen molar-refractivity contribution in [3.05, 3.63) is 56.2 Å². The molecular weight excluding hydrogens is 273 g/mol. The van der Waals surface area contributed by atoms with Crippen molar-refractivity contribution in [2.45, 2.75) is 19.5 Å². The third-order valence-electron chi connectivity index (χ3n) is 2.58. The van der Waals surface area contributed by atoms with Crippen molar-refractivity contribution >= 4 is 34.5 Å². The molecule has 1 atom stereocenters. The highest BCUT2D eigenvalue weighted by molar-refractivity contribution is 7.16. The Balaban J connectivity index is 1.93. The van der Waals surface area contributed by atoms with Gasteiger partial charge in [-0.15, -0.1) is 11.3 Å². The molecule has 0 aliphatic rings. The van der Waals surface area contributed by atoms with Gasteiger partial charge in [0.15, 0.2) is 0 Å². The summed E-state index contributed by atoms with van der Waals surface area (Å²) in [6.07, 6.45) is 0. The molecule has 2 aromatic rings. The first-order chi connectivity index (χ1) is 8.15. The van der Waals surface area contributed by atoms with Crippen molar-refractivity contribution in [2.75, 3.05) is 0 Å². The van der Waals surface area contributed by atoms with Gasteiger partial charge in [-0.3, -0.25) is 0 Å². The fraction of sp³-hybridized carbons (Fsp3) is 0.231. The molecule has 0 spiro atoms. The number of nitrogens with one attached hydrogen (secondary N) is 1. The maximum atomic E-state index is 5.89. The highest BCUT2D eigenvalue weighted by Crippen LogP contribution is 2.22. The number of benzene rings is 1. The van der Waals surface area contributed by atoms with Crippen LogP contribution in [0.5, 0.6) is 0 Å². The molecule has 1 nitrogen and oxygen atoms in total. The van der Waals surface area contributed by atoms with Gasteiger partial charge in [0.25, 0.3) is 0 Å². The molecule has 0 saturated carbocycles. The van der Waals surface area contributed by atoms with E-state index in [1.54, 1.807) is 11.3 Å². The largest absolute Gasteiger partial charge is 0.305 e. The Hall–Kier alpha value is -0.540. The molecule has 0 aliphatic heterocycles. The maximum Gasteiger partial charge on any atom is 0.0931 e. The zero-order valence-electron chi connectivity index (χ0n) is 9.41. The molecule has 1 heterocycles. The summed E-state index contributed by atoms with van der Waals surface area (Å²) in [6.45, 7) is 2.97. The SMILES string of the molecule is C[C@H](NCc1ccc(Cl)s1)c1ccc(Cl)cc1. The molecule has 4 heteroatoms. The molecule has 2 rings (SSSR count). The minimum Gasteiger partial charge on any atom is -0.305 e. The fourth-order valence-corrected chi connectivity index (χ4v) is 2.73. The molecule has 0 saturated heterocycles. The number of thiophene rings is 1. The maximum absolute atomic E-state index is 5.89. The number of hydrogen-bond acceptors (Lipinski definition) is 2. The summed E-state index contributed by atoms with van der Waals surface area (Å²) in [5.41, 5.74) is 1.23. The molecule has 0 unspecified atom stereocenters. The topological polar surface area (TPSA) is 12.0 Å². The second kappa shape index (κ2) is 5.87. The molecule has 0 fully saturated rings. The van der Waals surface area contributed by atoms with Crippen LogP contribution in [0.15, 0.2) is 36.4 Å². The summed E-state index contributed by atoms with van der Waals surface area (Å²) in [4.78, 5) is 1.25. The summed E-state index contributed by atoms with van der Waals surface area (Å²) in [5, 5.41) is 4.23. The highest BCUT2D eigenvalue weighted by atomic mass is 35.5. The quantitative estimate of drug-likeness (QED) is 0.842. The fourth-order valence-electron chi connectivity index (χ4n) is 1.57. The lowest BCUT2D eigenvalue weighted by molar-refractivity contribution is 0.579. The molecule has 0 radical (unpaired) electrons. The Morgan fingerprint density at radius 3 is 2.41 bits per heavy atom. The average Bonchev–Trinajstić information content (AvgIpc) is 2.73. The van der Waals surface area contributed by atoms with Gasteiger partial charge in [-0.1, -0.05) is 35.3 Å². The van der Waals surface area contributed by atoms with Crippen LogP contribution in [0.3, 0.4) is 0 Å². The van der Waals surface area contributed by atoms with E-state index in [1.807, 2.05) is 30.3 Å². The van der Waals surface area contributed by atoms with Gasteiger partial charge in [0.2, 0.25) is 0 Å². The van der Waals surface area contributed by atoms with Gasteiger partial charge < -0.3 is 5.32 Å². The highest BCUT2D eigenvalue weighted by Gasteiger charge is 2.05. The second-order valence-electron chi connectivity index (χ2n) is 3.86. The molecule has 0 aliphatic carbocycles. The summed E-state index contributed by atoms with van der Waals surface area (Å²) in [7, 11) is 0. The van der Waals surface area contributed by atoms with Crippen LogP contribution in [-0.4, -0.2) is 0 Å². The summed E-state index contributed by atoms with van der Waals surface area (Å²) < 4.78 is 0.834. The second-order valence-corrected chi connectivity index (χ2v) is 6.10. The van der Waals surface area contributed by atoms with Crippen molar-refractivity contribution < 1.29 is 0 Å². The van der Waals surface area contributed by atoms with Crippen LogP contribution in [0.25, 0.3) is 0 Å². The lowest BCUT2D eigenvalue weighted by Gasteiger charge is -2.13. The van der Waals surface area contributed by atoms with Crippen molar-refractivity contribution in [3.8, 4) is 0 Å². The standard InChI is InChI=1S/C13H13Cl2NS/c1-9(10-2-4-11(14)5-3-10)16-8-12-6-7-13(15)17-12/h2-7,9,16H,8H2,1H3/t9-/m0/s1. The Kier molecular flexibility index (Phi) is 4.46. The van der Waals surface area contributed by atoms with Crippen molar-refractivity contribution in [1.82, 2.24) is 5.32 Å². The minimum atomic E-state index is 0.299. The first kappa shape index (κ1) is 12.9. The first-order valence-corrected chi connectivity index (χ1v) is 6.95. The minimum absolute atomic E-state index is 0.299. The monoisotopic (exact) mass is 285 g/mol. The van der Waals surface area contributed by atoms with E-state index >= 15 is 0 Å². The molecule has 1 N–H and O–H groups in total. The molecule has 90 valence electrons. The van der Waals surface area contributed by atoms with E-state index in [-0.39, 0.29) is 0 Å². The predicted molar refractivity (Wildman–Crippen MR) is 76.0 cm³/mol. The van der Waals surface area contributed by atoms with Gasteiger partial charge in [-0.25, -0.2) is 0 Å². The van der Waals surface area contributed by atoms with Crippen molar-refractivity contribution in [1.29, 1.82) is 0 Å². The van der Waals surface area contributed by atoms with Crippen LogP contribution in [0.2, 0.25) is 9.36 Å². The smallest absolute Gasteiger partial charge is 0.0931 e. The zero-order chi connectivity index (χ0) is 12.3. The van der Waals surface area contributed by atoms with E-state index < -0.39 is 0 Å². The van der Waals surface area contributed by atoms with Crippen LogP contribution in [0, 0.1) is 0 Å². The molecule has 0 bridgehead atoms. The number of hydrogen-bond donors (Lipinski definition) is 1. The van der Waals surface area contributed by atoms with E-state index in [2.05, 4.69) is 18.3 Å². The van der Waals surface area contributed by atoms with E-state index in [0.29, 0.717) is 6.04 Å². The van der Waals surface area contributed by atoms with Crippen molar-refractivity contribution in [3.63, 3.8) is 0 Å². The summed E-state index contributed by atoms with van der Waals surface area (Å²) in [6, 6.07) is 12.2.